The Labute approximate surface area is 256 Å². The summed E-state index contributed by atoms with van der Waals surface area (Å²) < 4.78 is 6.75. The monoisotopic (exact) mass is 564 g/mol. The number of hydrogen-bond acceptors (Lipinski definition) is 3. The quantitative estimate of drug-likeness (QED) is 0.214. The number of allylic oxidation sites excluding steroid dienone is 4. The molecule has 0 atom stereocenters. The summed E-state index contributed by atoms with van der Waals surface area (Å²) in [5, 5.41) is 0. The van der Waals surface area contributed by atoms with Crippen LogP contribution in [-0.2, 0) is 5.41 Å². The van der Waals surface area contributed by atoms with Crippen LogP contribution in [0.15, 0.2) is 146 Å². The Morgan fingerprint density at radius 2 is 1.18 bits per heavy atom. The van der Waals surface area contributed by atoms with Gasteiger partial charge < -0.3 is 4.74 Å². The van der Waals surface area contributed by atoms with Crippen molar-refractivity contribution in [3.8, 4) is 45.1 Å². The summed E-state index contributed by atoms with van der Waals surface area (Å²) >= 11 is 0. The second kappa shape index (κ2) is 9.75. The van der Waals surface area contributed by atoms with E-state index in [1.807, 2.05) is 6.07 Å². The van der Waals surface area contributed by atoms with Crippen molar-refractivity contribution in [2.24, 2.45) is 0 Å². The second-order valence-electron chi connectivity index (χ2n) is 11.6. The van der Waals surface area contributed by atoms with Crippen LogP contribution in [0.4, 0.5) is 0 Å². The van der Waals surface area contributed by atoms with Crippen LogP contribution in [0.3, 0.4) is 0 Å². The van der Waals surface area contributed by atoms with Crippen LogP contribution < -0.4 is 4.74 Å². The smallest absolute Gasteiger partial charge is 0.156 e. The second-order valence-corrected chi connectivity index (χ2v) is 11.6. The highest BCUT2D eigenvalue weighted by atomic mass is 16.5. The predicted molar refractivity (Wildman–Crippen MR) is 177 cm³/mol. The number of benzene rings is 5. The SMILES string of the molecule is C1=CCCC(c2nc(-c3ccccc3)cc(-c3ccc4c(c3)Oc3ccccc3C43c4ccccc4-c4ccccc43)n2)=C1. The maximum atomic E-state index is 6.75. The third-order valence-corrected chi connectivity index (χ3v) is 9.24. The average Bonchev–Trinajstić information content (AvgIpc) is 3.39. The first-order valence-electron chi connectivity index (χ1n) is 15.2. The first-order valence-corrected chi connectivity index (χ1v) is 15.2. The molecule has 3 heteroatoms. The molecular formula is C41H28N2O. The minimum absolute atomic E-state index is 0.471. The maximum Gasteiger partial charge on any atom is 0.156 e. The van der Waals surface area contributed by atoms with Crippen molar-refractivity contribution in [1.82, 2.24) is 9.97 Å². The topological polar surface area (TPSA) is 35.0 Å². The van der Waals surface area contributed by atoms with Gasteiger partial charge in [-0.2, -0.15) is 0 Å². The molecule has 0 bridgehead atoms. The summed E-state index contributed by atoms with van der Waals surface area (Å²) in [6.45, 7) is 0. The molecule has 1 spiro atoms. The summed E-state index contributed by atoms with van der Waals surface area (Å²) in [6, 6.07) is 45.2. The lowest BCUT2D eigenvalue weighted by Gasteiger charge is -2.39. The Bertz CT molecular complexity index is 2110. The zero-order chi connectivity index (χ0) is 29.1. The van der Waals surface area contributed by atoms with E-state index < -0.39 is 5.41 Å². The van der Waals surface area contributed by atoms with Crippen LogP contribution >= 0.6 is 0 Å². The summed E-state index contributed by atoms with van der Waals surface area (Å²) in [5.41, 5.74) is 12.0. The lowest BCUT2D eigenvalue weighted by molar-refractivity contribution is 0.436. The van der Waals surface area contributed by atoms with Gasteiger partial charge in [-0.25, -0.2) is 9.97 Å². The van der Waals surface area contributed by atoms with E-state index in [1.54, 1.807) is 0 Å². The zero-order valence-electron chi connectivity index (χ0n) is 24.1. The van der Waals surface area contributed by atoms with Crippen molar-refractivity contribution in [3.63, 3.8) is 0 Å². The lowest BCUT2D eigenvalue weighted by atomic mass is 9.66. The Morgan fingerprint density at radius 1 is 0.545 bits per heavy atom. The molecule has 0 saturated heterocycles. The Balaban J connectivity index is 1.28. The molecule has 9 rings (SSSR count). The molecule has 0 saturated carbocycles. The largest absolute Gasteiger partial charge is 0.457 e. The molecule has 0 unspecified atom stereocenters. The van der Waals surface area contributed by atoms with Gasteiger partial charge in [-0.05, 0) is 58.9 Å². The Morgan fingerprint density at radius 3 is 1.91 bits per heavy atom. The molecule has 44 heavy (non-hydrogen) atoms. The molecule has 1 aliphatic heterocycles. The minimum atomic E-state index is -0.471. The van der Waals surface area contributed by atoms with Gasteiger partial charge in [0.25, 0.3) is 0 Å². The Kier molecular flexibility index (Phi) is 5.54. The molecule has 3 aliphatic rings. The molecule has 5 aromatic carbocycles. The number of hydrogen-bond donors (Lipinski definition) is 0. The van der Waals surface area contributed by atoms with Crippen molar-refractivity contribution in [1.29, 1.82) is 0 Å². The third kappa shape index (κ3) is 3.62. The molecule has 2 aliphatic carbocycles. The number of para-hydroxylation sites is 1. The molecule has 1 aromatic heterocycles. The van der Waals surface area contributed by atoms with Crippen molar-refractivity contribution in [3.05, 3.63) is 174 Å². The number of ether oxygens (including phenoxy) is 1. The van der Waals surface area contributed by atoms with Crippen LogP contribution in [0.5, 0.6) is 11.5 Å². The minimum Gasteiger partial charge on any atom is -0.457 e. The maximum absolute atomic E-state index is 6.75. The lowest BCUT2D eigenvalue weighted by Crippen LogP contribution is -2.32. The van der Waals surface area contributed by atoms with Crippen molar-refractivity contribution < 1.29 is 4.74 Å². The normalized spacial score (nSPS) is 15.0. The standard InChI is InChI=1S/C41H28N2O/c1-3-13-27(14-4-1)36-26-37(43-40(42-36)28-15-5-2-6-16-28)29-23-24-35-39(25-29)44-38-22-12-11-21-34(38)41(35)32-19-9-7-17-30(32)31-18-8-10-20-33(31)41/h1-5,7-15,17-26H,6,16H2. The number of nitrogens with zero attached hydrogens (tertiary/aromatic N) is 2. The van der Waals surface area contributed by atoms with Gasteiger partial charge in [0, 0.05) is 22.3 Å². The van der Waals surface area contributed by atoms with Gasteiger partial charge in [-0.15, -0.1) is 0 Å². The van der Waals surface area contributed by atoms with E-state index >= 15 is 0 Å². The molecular weight excluding hydrogens is 536 g/mol. The average molecular weight is 565 g/mol. The molecule has 0 amide bonds. The van der Waals surface area contributed by atoms with E-state index in [0.29, 0.717) is 0 Å². The van der Waals surface area contributed by atoms with Gasteiger partial charge in [0.15, 0.2) is 5.82 Å². The van der Waals surface area contributed by atoms with Gasteiger partial charge in [-0.1, -0.05) is 127 Å². The molecule has 0 N–H and O–H groups in total. The van der Waals surface area contributed by atoms with E-state index in [4.69, 9.17) is 14.7 Å². The van der Waals surface area contributed by atoms with E-state index in [0.717, 1.165) is 63.8 Å². The Hall–Kier alpha value is -5.54. The van der Waals surface area contributed by atoms with Crippen LogP contribution in [0, 0.1) is 0 Å². The molecule has 6 aromatic rings. The van der Waals surface area contributed by atoms with Crippen LogP contribution in [-0.4, -0.2) is 9.97 Å². The fraction of sp³-hybridized carbons (Fsp3) is 0.0732. The predicted octanol–water partition coefficient (Wildman–Crippen LogP) is 10.0. The molecule has 3 nitrogen and oxygen atoms in total. The number of fused-ring (bicyclic) bond motifs is 9. The van der Waals surface area contributed by atoms with E-state index in [9.17, 15) is 0 Å². The molecule has 2 heterocycles. The third-order valence-electron chi connectivity index (χ3n) is 9.24. The number of rotatable bonds is 3. The summed E-state index contributed by atoms with van der Waals surface area (Å²) in [4.78, 5) is 10.2. The van der Waals surface area contributed by atoms with Crippen molar-refractivity contribution >= 4 is 5.57 Å². The van der Waals surface area contributed by atoms with Crippen molar-refractivity contribution in [2.45, 2.75) is 18.3 Å². The molecule has 0 radical (unpaired) electrons. The van der Waals surface area contributed by atoms with Crippen LogP contribution in [0.1, 0.15) is 40.9 Å². The summed E-state index contributed by atoms with van der Waals surface area (Å²) in [5.74, 6) is 2.52. The van der Waals surface area contributed by atoms with Gasteiger partial charge in [0.1, 0.15) is 11.5 Å². The van der Waals surface area contributed by atoms with E-state index in [2.05, 4.69) is 140 Å². The highest BCUT2D eigenvalue weighted by Gasteiger charge is 2.50. The fourth-order valence-corrected chi connectivity index (χ4v) is 7.30. The van der Waals surface area contributed by atoms with E-state index in [1.165, 1.54) is 27.8 Å². The van der Waals surface area contributed by atoms with Crippen LogP contribution in [0.2, 0.25) is 0 Å². The number of aromatic nitrogens is 2. The van der Waals surface area contributed by atoms with Gasteiger partial charge in [0.05, 0.1) is 16.8 Å². The summed E-state index contributed by atoms with van der Waals surface area (Å²) in [6.07, 6.45) is 8.37. The molecule has 0 fully saturated rings. The highest BCUT2D eigenvalue weighted by molar-refractivity contribution is 5.89. The first-order chi connectivity index (χ1) is 21.8. The van der Waals surface area contributed by atoms with Gasteiger partial charge in [0.2, 0.25) is 0 Å². The first kappa shape index (κ1) is 25.0. The van der Waals surface area contributed by atoms with E-state index in [-0.39, 0.29) is 0 Å². The fourth-order valence-electron chi connectivity index (χ4n) is 7.30. The van der Waals surface area contributed by atoms with Gasteiger partial charge >= 0.3 is 0 Å². The van der Waals surface area contributed by atoms with Gasteiger partial charge in [-0.3, -0.25) is 0 Å². The van der Waals surface area contributed by atoms with Crippen LogP contribution in [0.25, 0.3) is 39.2 Å². The van der Waals surface area contributed by atoms with Crippen molar-refractivity contribution in [2.75, 3.05) is 0 Å². The summed E-state index contributed by atoms with van der Waals surface area (Å²) in [7, 11) is 0. The highest BCUT2D eigenvalue weighted by Crippen LogP contribution is 2.62. The molecule has 208 valence electrons. The zero-order valence-corrected chi connectivity index (χ0v) is 24.1.